The van der Waals surface area contributed by atoms with Crippen LogP contribution >= 0.6 is 0 Å². The van der Waals surface area contributed by atoms with Crippen LogP contribution in [0.3, 0.4) is 0 Å². The number of aromatic nitrogens is 2. The van der Waals surface area contributed by atoms with E-state index < -0.39 is 0 Å². The molecule has 0 aromatic carbocycles. The molecule has 0 aliphatic carbocycles. The summed E-state index contributed by atoms with van der Waals surface area (Å²) in [6.45, 7) is 7.89. The Morgan fingerprint density at radius 3 is 1.87 bits per heavy atom. The van der Waals surface area contributed by atoms with Crippen LogP contribution in [-0.2, 0) is 9.59 Å². The number of piperazine rings is 2. The van der Waals surface area contributed by atoms with Crippen molar-refractivity contribution in [2.45, 2.75) is 6.92 Å². The zero-order valence-corrected chi connectivity index (χ0v) is 13.4. The average Bonchev–Trinajstić information content (AvgIpc) is 2.61. The molecule has 2 amide bonds. The number of carbonyl (C=O) groups is 2. The summed E-state index contributed by atoms with van der Waals surface area (Å²) in [6, 6.07) is 1.99. The average molecular weight is 318 g/mol. The maximum absolute atomic E-state index is 10.8. The van der Waals surface area contributed by atoms with E-state index >= 15 is 0 Å². The number of aryl methyl sites for hydroxylation is 1. The van der Waals surface area contributed by atoms with Crippen LogP contribution in [0, 0.1) is 6.92 Å². The highest BCUT2D eigenvalue weighted by Crippen LogP contribution is 2.19. The summed E-state index contributed by atoms with van der Waals surface area (Å²) in [6.07, 6.45) is 1.80. The predicted octanol–water partition coefficient (Wildman–Crippen LogP) is -0.658. The Morgan fingerprint density at radius 1 is 0.826 bits per heavy atom. The molecule has 3 heterocycles. The second-order valence-corrected chi connectivity index (χ2v) is 5.92. The van der Waals surface area contributed by atoms with Crippen LogP contribution in [0.25, 0.3) is 0 Å². The molecule has 8 heteroatoms. The van der Waals surface area contributed by atoms with E-state index in [1.807, 2.05) is 13.0 Å². The van der Waals surface area contributed by atoms with Gasteiger partial charge in [0, 0.05) is 64.1 Å². The van der Waals surface area contributed by atoms with Crippen molar-refractivity contribution in [3.63, 3.8) is 0 Å². The normalized spacial score (nSPS) is 19.0. The van der Waals surface area contributed by atoms with E-state index in [9.17, 15) is 9.59 Å². The van der Waals surface area contributed by atoms with Gasteiger partial charge in [-0.05, 0) is 6.92 Å². The van der Waals surface area contributed by atoms with Gasteiger partial charge in [0.15, 0.2) is 0 Å². The van der Waals surface area contributed by atoms with Gasteiger partial charge in [-0.1, -0.05) is 0 Å². The molecule has 0 atom stereocenters. The number of amides is 2. The van der Waals surface area contributed by atoms with E-state index in [1.54, 1.807) is 9.80 Å². The summed E-state index contributed by atoms with van der Waals surface area (Å²) < 4.78 is 0. The quantitative estimate of drug-likeness (QED) is 0.687. The molecule has 2 aliphatic rings. The zero-order valence-electron chi connectivity index (χ0n) is 13.4. The maximum atomic E-state index is 10.8. The Bertz CT molecular complexity index is 519. The number of rotatable bonds is 4. The van der Waals surface area contributed by atoms with Gasteiger partial charge in [0.05, 0.1) is 0 Å². The van der Waals surface area contributed by atoms with Crippen LogP contribution in [0.15, 0.2) is 6.07 Å². The monoisotopic (exact) mass is 318 g/mol. The molecule has 2 aliphatic heterocycles. The molecular weight excluding hydrogens is 296 g/mol. The van der Waals surface area contributed by atoms with E-state index in [0.717, 1.165) is 69.5 Å². The van der Waals surface area contributed by atoms with Crippen LogP contribution < -0.4 is 9.80 Å². The largest absolute Gasteiger partial charge is 0.353 e. The smallest absolute Gasteiger partial charge is 0.227 e. The minimum absolute atomic E-state index is 0.703. The molecule has 1 aromatic rings. The lowest BCUT2D eigenvalue weighted by atomic mass is 10.3. The van der Waals surface area contributed by atoms with E-state index in [1.165, 1.54) is 0 Å². The molecule has 8 nitrogen and oxygen atoms in total. The third-order valence-electron chi connectivity index (χ3n) is 4.36. The maximum Gasteiger partial charge on any atom is 0.227 e. The van der Waals surface area contributed by atoms with Crippen molar-refractivity contribution in [1.82, 2.24) is 19.8 Å². The fourth-order valence-electron chi connectivity index (χ4n) is 2.92. The molecule has 0 radical (unpaired) electrons. The molecule has 23 heavy (non-hydrogen) atoms. The highest BCUT2D eigenvalue weighted by molar-refractivity contribution is 5.51. The summed E-state index contributed by atoms with van der Waals surface area (Å²) in [4.78, 5) is 38.8. The van der Waals surface area contributed by atoms with Crippen LogP contribution in [0.2, 0.25) is 0 Å². The van der Waals surface area contributed by atoms with Gasteiger partial charge in [-0.25, -0.2) is 4.98 Å². The first kappa shape index (κ1) is 15.5. The van der Waals surface area contributed by atoms with Gasteiger partial charge in [-0.2, -0.15) is 4.98 Å². The molecular formula is C15H22N6O2. The highest BCUT2D eigenvalue weighted by Gasteiger charge is 2.21. The Balaban J connectivity index is 1.72. The fourth-order valence-corrected chi connectivity index (χ4v) is 2.92. The minimum Gasteiger partial charge on any atom is -0.353 e. The molecule has 1 aromatic heterocycles. The Hall–Kier alpha value is -2.38. The number of carbonyl (C=O) groups excluding carboxylic acids is 2. The molecule has 0 unspecified atom stereocenters. The molecule has 124 valence electrons. The van der Waals surface area contributed by atoms with Crippen LogP contribution in [0.1, 0.15) is 5.69 Å². The second kappa shape index (κ2) is 6.80. The second-order valence-electron chi connectivity index (χ2n) is 5.92. The lowest BCUT2D eigenvalue weighted by Crippen LogP contribution is -2.47. The van der Waals surface area contributed by atoms with Gasteiger partial charge < -0.3 is 19.6 Å². The van der Waals surface area contributed by atoms with Gasteiger partial charge in [-0.15, -0.1) is 0 Å². The molecule has 3 rings (SSSR count). The first-order chi connectivity index (χ1) is 11.2. The summed E-state index contributed by atoms with van der Waals surface area (Å²) in [5.41, 5.74) is 0.931. The van der Waals surface area contributed by atoms with E-state index in [2.05, 4.69) is 14.8 Å². The summed E-state index contributed by atoms with van der Waals surface area (Å²) in [7, 11) is 0. The van der Waals surface area contributed by atoms with Crippen molar-refractivity contribution in [3.05, 3.63) is 11.8 Å². The topological polar surface area (TPSA) is 72.9 Å². The fraction of sp³-hybridized carbons (Fsp3) is 0.600. The zero-order chi connectivity index (χ0) is 16.2. The van der Waals surface area contributed by atoms with Crippen LogP contribution in [-0.4, -0.2) is 84.9 Å². The first-order valence-corrected chi connectivity index (χ1v) is 7.94. The van der Waals surface area contributed by atoms with Crippen molar-refractivity contribution in [1.29, 1.82) is 0 Å². The predicted molar refractivity (Wildman–Crippen MR) is 86.5 cm³/mol. The lowest BCUT2D eigenvalue weighted by Gasteiger charge is -2.35. The number of hydrogen-bond acceptors (Lipinski definition) is 6. The van der Waals surface area contributed by atoms with Gasteiger partial charge >= 0.3 is 0 Å². The van der Waals surface area contributed by atoms with Gasteiger partial charge in [0.2, 0.25) is 18.8 Å². The Morgan fingerprint density at radius 2 is 1.35 bits per heavy atom. The minimum atomic E-state index is 0.703. The van der Waals surface area contributed by atoms with Crippen molar-refractivity contribution in [3.8, 4) is 0 Å². The highest BCUT2D eigenvalue weighted by atomic mass is 16.1. The number of hydrogen-bond donors (Lipinski definition) is 0. The van der Waals surface area contributed by atoms with E-state index in [4.69, 9.17) is 4.98 Å². The van der Waals surface area contributed by atoms with Crippen LogP contribution in [0.5, 0.6) is 0 Å². The van der Waals surface area contributed by atoms with E-state index in [-0.39, 0.29) is 0 Å². The van der Waals surface area contributed by atoms with Crippen molar-refractivity contribution in [2.24, 2.45) is 0 Å². The Kier molecular flexibility index (Phi) is 4.59. The summed E-state index contributed by atoms with van der Waals surface area (Å²) in [5, 5.41) is 0. The molecule has 2 fully saturated rings. The standard InChI is InChI=1S/C15H22N6O2/c1-13-10-14(20-6-2-18(11-22)3-7-20)17-15(16-13)21-8-4-19(12-23)5-9-21/h10-12H,2-9H2,1H3. The molecule has 0 spiro atoms. The van der Waals surface area contributed by atoms with Gasteiger partial charge in [-0.3, -0.25) is 9.59 Å². The molecule has 0 saturated carbocycles. The SMILES string of the molecule is Cc1cc(N2CCN(C=O)CC2)nc(N2CCN(C=O)CC2)n1. The molecule has 0 N–H and O–H groups in total. The lowest BCUT2D eigenvalue weighted by molar-refractivity contribution is -0.119. The van der Waals surface area contributed by atoms with E-state index in [0.29, 0.717) is 13.1 Å². The van der Waals surface area contributed by atoms with Crippen molar-refractivity contribution in [2.75, 3.05) is 62.2 Å². The molecule has 0 bridgehead atoms. The van der Waals surface area contributed by atoms with Gasteiger partial charge in [0.25, 0.3) is 0 Å². The third kappa shape index (κ3) is 3.52. The first-order valence-electron chi connectivity index (χ1n) is 7.94. The van der Waals surface area contributed by atoms with Gasteiger partial charge in [0.1, 0.15) is 5.82 Å². The third-order valence-corrected chi connectivity index (χ3v) is 4.36. The van der Waals surface area contributed by atoms with Crippen LogP contribution in [0.4, 0.5) is 11.8 Å². The summed E-state index contributed by atoms with van der Waals surface area (Å²) in [5.74, 6) is 1.64. The number of nitrogens with zero attached hydrogens (tertiary/aromatic N) is 6. The van der Waals surface area contributed by atoms with Crippen molar-refractivity contribution < 1.29 is 9.59 Å². The van der Waals surface area contributed by atoms with Crippen molar-refractivity contribution >= 4 is 24.6 Å². The number of anilines is 2. The molecule has 2 saturated heterocycles. The summed E-state index contributed by atoms with van der Waals surface area (Å²) >= 11 is 0. The Labute approximate surface area is 135 Å².